The summed E-state index contributed by atoms with van der Waals surface area (Å²) in [5.74, 6) is 0. The minimum Gasteiger partial charge on any atom is -0.264 e. The normalized spacial score (nSPS) is 11.4. The summed E-state index contributed by atoms with van der Waals surface area (Å²) in [4.78, 5) is 4.47. The van der Waals surface area contributed by atoms with Crippen LogP contribution in [0.5, 0.6) is 0 Å². The molecule has 0 amide bonds. The van der Waals surface area contributed by atoms with E-state index in [4.69, 9.17) is 0 Å². The van der Waals surface area contributed by atoms with Gasteiger partial charge < -0.3 is 0 Å². The predicted molar refractivity (Wildman–Crippen MR) is 348 cm³/mol. The van der Waals surface area contributed by atoms with Gasteiger partial charge in [0, 0.05) is 12.4 Å². The number of nitrogens with zero attached hydrogens (tertiary/aromatic N) is 1. The Kier molecular flexibility index (Phi) is 12.3. The smallest absolute Gasteiger partial charge is 0.0346 e. The molecule has 14 aromatic carbocycles. The van der Waals surface area contributed by atoms with Gasteiger partial charge in [0.1, 0.15) is 0 Å². The van der Waals surface area contributed by atoms with Crippen LogP contribution >= 0.6 is 0 Å². The van der Waals surface area contributed by atoms with E-state index in [1.165, 1.54) is 121 Å². The Morgan fingerprint density at radius 2 is 0.390 bits per heavy atom. The second-order valence-electron chi connectivity index (χ2n) is 21.4. The lowest BCUT2D eigenvalue weighted by Gasteiger charge is -2.23. The van der Waals surface area contributed by atoms with Gasteiger partial charge in [-0.1, -0.05) is 237 Å². The molecule has 1 heteroatoms. The molecular weight excluding hydrogens is 987 g/mol. The van der Waals surface area contributed by atoms with Crippen molar-refractivity contribution in [3.05, 3.63) is 322 Å². The number of hydrogen-bond donors (Lipinski definition) is 0. The van der Waals surface area contributed by atoms with Crippen molar-refractivity contribution in [3.8, 4) is 122 Å². The Balaban J connectivity index is 1.08. The van der Waals surface area contributed by atoms with Gasteiger partial charge in [-0.05, 0) is 228 Å². The Labute approximate surface area is 478 Å². The van der Waals surface area contributed by atoms with E-state index in [1.807, 2.05) is 18.5 Å². The average molecular weight is 1040 g/mol. The lowest BCUT2D eigenvalue weighted by molar-refractivity contribution is 1.33. The van der Waals surface area contributed by atoms with E-state index >= 15 is 0 Å². The van der Waals surface area contributed by atoms with Gasteiger partial charge in [-0.25, -0.2) is 0 Å². The molecule has 0 fully saturated rings. The molecule has 1 aromatic heterocycles. The summed E-state index contributed by atoms with van der Waals surface area (Å²) in [6, 6.07) is 114. The Bertz CT molecular complexity index is 4450. The molecule has 0 saturated carbocycles. The number of benzene rings is 14. The minimum atomic E-state index is 1.09. The predicted octanol–water partition coefficient (Wildman–Crippen LogP) is 22.3. The van der Waals surface area contributed by atoms with Crippen molar-refractivity contribution in [1.29, 1.82) is 0 Å². The van der Waals surface area contributed by atoms with Crippen LogP contribution in [0.15, 0.2) is 322 Å². The van der Waals surface area contributed by atoms with Crippen LogP contribution in [-0.2, 0) is 0 Å². The lowest BCUT2D eigenvalue weighted by atomic mass is 9.80. The molecule has 0 atom stereocenters. The molecule has 0 bridgehead atoms. The number of hydrogen-bond acceptors (Lipinski definition) is 1. The van der Waals surface area contributed by atoms with Gasteiger partial charge >= 0.3 is 0 Å². The third kappa shape index (κ3) is 9.01. The number of pyridine rings is 1. The Morgan fingerprint density at radius 3 is 0.659 bits per heavy atom. The first-order chi connectivity index (χ1) is 40.6. The van der Waals surface area contributed by atoms with Crippen molar-refractivity contribution in [2.75, 3.05) is 0 Å². The minimum absolute atomic E-state index is 1.09. The first-order valence-electron chi connectivity index (χ1n) is 28.2. The zero-order valence-electron chi connectivity index (χ0n) is 45.0. The molecule has 0 aliphatic rings. The molecule has 0 N–H and O–H groups in total. The van der Waals surface area contributed by atoms with E-state index in [-0.39, 0.29) is 0 Å². The fourth-order valence-corrected chi connectivity index (χ4v) is 12.5. The van der Waals surface area contributed by atoms with Gasteiger partial charge in [0.2, 0.25) is 0 Å². The molecule has 0 unspecified atom stereocenters. The summed E-state index contributed by atoms with van der Waals surface area (Å²) in [5.41, 5.74) is 25.7. The second-order valence-corrected chi connectivity index (χ2v) is 21.4. The van der Waals surface area contributed by atoms with Gasteiger partial charge in [0.15, 0.2) is 0 Å². The maximum atomic E-state index is 4.47. The maximum absolute atomic E-state index is 4.47. The van der Waals surface area contributed by atoms with Crippen LogP contribution < -0.4 is 0 Å². The third-order valence-electron chi connectivity index (χ3n) is 16.5. The maximum Gasteiger partial charge on any atom is 0.0346 e. The lowest BCUT2D eigenvalue weighted by Crippen LogP contribution is -1.96. The van der Waals surface area contributed by atoms with Gasteiger partial charge in [-0.2, -0.15) is 0 Å². The molecule has 82 heavy (non-hydrogen) atoms. The monoisotopic (exact) mass is 1040 g/mol. The van der Waals surface area contributed by atoms with E-state index in [9.17, 15) is 0 Å². The van der Waals surface area contributed by atoms with Crippen LogP contribution in [0, 0.1) is 0 Å². The first kappa shape index (κ1) is 48.4. The van der Waals surface area contributed by atoms with Crippen LogP contribution in [0.25, 0.3) is 155 Å². The fraction of sp³-hybridized carbons (Fsp3) is 0. The third-order valence-corrected chi connectivity index (χ3v) is 16.5. The Hall–Kier alpha value is -10.7. The standard InChI is InChI=1S/C81H53N/c1-7-20-54(21-8-1)63-42-64(55-22-9-2-10-23-55)46-69(45-63)77-51-76(61-35-33-60(34-36-61)62-32-19-41-82-53-62)72-37-38-74-78(70-47-65(56-24-11-3-12-25-56)43-66(48-70)57-26-13-4-14-27-57)52-79(75-40-39-73(77)80(72)81(74)75)71-49-67(58-28-15-5-16-29-58)44-68(50-71)59-30-17-6-18-31-59/h1-53H. The van der Waals surface area contributed by atoms with E-state index in [0.717, 1.165) is 33.4 Å². The molecule has 0 saturated heterocycles. The molecule has 0 radical (unpaired) electrons. The molecule has 382 valence electrons. The van der Waals surface area contributed by atoms with Crippen molar-refractivity contribution in [3.63, 3.8) is 0 Å². The highest BCUT2D eigenvalue weighted by molar-refractivity contribution is 6.32. The summed E-state index contributed by atoms with van der Waals surface area (Å²) < 4.78 is 0. The largest absolute Gasteiger partial charge is 0.264 e. The SMILES string of the molecule is c1ccc(-c2cc(-c3ccccc3)cc(-c3cc(-c4ccc(-c5cccnc5)cc4)c4ccc5c(-c6cc(-c7ccccc7)cc(-c7ccccc7)c6)cc(-c6cc(-c7ccccc7)cc(-c7ccccc7)c6)c6ccc3c4c56)c2)cc1. The van der Waals surface area contributed by atoms with E-state index in [2.05, 4.69) is 308 Å². The van der Waals surface area contributed by atoms with Crippen LogP contribution in [0.2, 0.25) is 0 Å². The van der Waals surface area contributed by atoms with Crippen LogP contribution in [-0.4, -0.2) is 4.98 Å². The van der Waals surface area contributed by atoms with Crippen LogP contribution in [0.3, 0.4) is 0 Å². The van der Waals surface area contributed by atoms with E-state index in [0.29, 0.717) is 0 Å². The number of aromatic nitrogens is 1. The summed E-state index contributed by atoms with van der Waals surface area (Å²) >= 11 is 0. The van der Waals surface area contributed by atoms with Crippen molar-refractivity contribution in [2.45, 2.75) is 0 Å². The fourth-order valence-electron chi connectivity index (χ4n) is 12.5. The van der Waals surface area contributed by atoms with Crippen LogP contribution in [0.1, 0.15) is 0 Å². The van der Waals surface area contributed by atoms with Crippen molar-refractivity contribution in [1.82, 2.24) is 4.98 Å². The molecule has 0 aliphatic carbocycles. The van der Waals surface area contributed by atoms with Gasteiger partial charge in [0.05, 0.1) is 0 Å². The highest BCUT2D eigenvalue weighted by Crippen LogP contribution is 2.51. The Morgan fingerprint density at radius 1 is 0.159 bits per heavy atom. The molecule has 0 aliphatic heterocycles. The molecule has 1 heterocycles. The van der Waals surface area contributed by atoms with E-state index in [1.54, 1.807) is 0 Å². The first-order valence-corrected chi connectivity index (χ1v) is 28.2. The second kappa shape index (κ2) is 20.8. The highest BCUT2D eigenvalue weighted by atomic mass is 14.6. The molecule has 0 spiro atoms. The molecule has 15 rings (SSSR count). The van der Waals surface area contributed by atoms with Crippen LogP contribution in [0.4, 0.5) is 0 Å². The summed E-state index contributed by atoms with van der Waals surface area (Å²) in [5, 5.41) is 7.34. The van der Waals surface area contributed by atoms with Crippen molar-refractivity contribution >= 4 is 32.3 Å². The average Bonchev–Trinajstić information content (AvgIpc) is 2.76. The quantitative estimate of drug-likeness (QED) is 0.118. The molecule has 15 aromatic rings. The summed E-state index contributed by atoms with van der Waals surface area (Å²) in [6.45, 7) is 0. The molecular formula is C81H53N. The highest BCUT2D eigenvalue weighted by Gasteiger charge is 2.23. The number of rotatable bonds is 11. The van der Waals surface area contributed by atoms with E-state index < -0.39 is 0 Å². The van der Waals surface area contributed by atoms with Gasteiger partial charge in [-0.15, -0.1) is 0 Å². The zero-order chi connectivity index (χ0) is 54.3. The van der Waals surface area contributed by atoms with Gasteiger partial charge in [-0.3, -0.25) is 4.98 Å². The molecule has 1 nitrogen and oxygen atoms in total. The summed E-state index contributed by atoms with van der Waals surface area (Å²) in [7, 11) is 0. The zero-order valence-corrected chi connectivity index (χ0v) is 45.0. The topological polar surface area (TPSA) is 12.9 Å². The van der Waals surface area contributed by atoms with Crippen molar-refractivity contribution < 1.29 is 0 Å². The van der Waals surface area contributed by atoms with Crippen molar-refractivity contribution in [2.24, 2.45) is 0 Å². The summed E-state index contributed by atoms with van der Waals surface area (Å²) in [6.07, 6.45) is 3.78. The van der Waals surface area contributed by atoms with Gasteiger partial charge in [0.25, 0.3) is 0 Å².